The van der Waals surface area contributed by atoms with Gasteiger partial charge in [0.15, 0.2) is 0 Å². The van der Waals surface area contributed by atoms with Gasteiger partial charge < -0.3 is 10.4 Å². The molecule has 3 heteroatoms. The molecule has 0 aromatic heterocycles. The number of aliphatic hydroxyl groups excluding tert-OH is 1. The zero-order chi connectivity index (χ0) is 11.3. The van der Waals surface area contributed by atoms with Crippen LogP contribution in [0.3, 0.4) is 0 Å². The summed E-state index contributed by atoms with van der Waals surface area (Å²) in [5.74, 6) is 0.425. The van der Waals surface area contributed by atoms with Crippen LogP contribution in [0.1, 0.15) is 19.4 Å². The Bertz CT molecular complexity index is 301. The highest BCUT2D eigenvalue weighted by atomic mass is 35.5. The molecule has 0 heterocycles. The molecule has 0 bridgehead atoms. The minimum absolute atomic E-state index is 0.143. The summed E-state index contributed by atoms with van der Waals surface area (Å²) in [6, 6.07) is 7.89. The van der Waals surface area contributed by atoms with Crippen LogP contribution in [0.4, 0.5) is 0 Å². The van der Waals surface area contributed by atoms with E-state index in [1.165, 1.54) is 0 Å². The molecule has 15 heavy (non-hydrogen) atoms. The van der Waals surface area contributed by atoms with Crippen molar-refractivity contribution < 1.29 is 5.11 Å². The summed E-state index contributed by atoms with van der Waals surface area (Å²) in [5, 5.41) is 13.2. The van der Waals surface area contributed by atoms with Gasteiger partial charge in [-0.15, -0.1) is 0 Å². The lowest BCUT2D eigenvalue weighted by molar-refractivity contribution is 0.210. The number of benzene rings is 1. The quantitative estimate of drug-likeness (QED) is 0.810. The maximum absolute atomic E-state index is 9.14. The summed E-state index contributed by atoms with van der Waals surface area (Å²) in [5.41, 5.74) is 1.14. The zero-order valence-corrected chi connectivity index (χ0v) is 9.96. The predicted molar refractivity (Wildman–Crippen MR) is 64.0 cm³/mol. The largest absolute Gasteiger partial charge is 0.395 e. The lowest BCUT2D eigenvalue weighted by Gasteiger charge is -2.19. The standard InChI is InChI=1S/C12H18ClNO/c1-9(2)12(8-15)14-7-10-4-3-5-11(13)6-10/h3-6,9,12,14-15H,7-8H2,1-2H3. The minimum Gasteiger partial charge on any atom is -0.395 e. The van der Waals surface area contributed by atoms with Crippen LogP contribution in [0.5, 0.6) is 0 Å². The maximum atomic E-state index is 9.14. The van der Waals surface area contributed by atoms with E-state index in [2.05, 4.69) is 19.2 Å². The van der Waals surface area contributed by atoms with Crippen LogP contribution in [0, 0.1) is 5.92 Å². The summed E-state index contributed by atoms with van der Waals surface area (Å²) in [6.07, 6.45) is 0. The highest BCUT2D eigenvalue weighted by Crippen LogP contribution is 2.11. The first-order valence-electron chi connectivity index (χ1n) is 5.22. The summed E-state index contributed by atoms with van der Waals surface area (Å²) in [6.45, 7) is 5.08. The average molecular weight is 228 g/mol. The van der Waals surface area contributed by atoms with Crippen LogP contribution in [0.2, 0.25) is 5.02 Å². The monoisotopic (exact) mass is 227 g/mol. The van der Waals surface area contributed by atoms with Crippen LogP contribution in [0.15, 0.2) is 24.3 Å². The van der Waals surface area contributed by atoms with Gasteiger partial charge in [0.2, 0.25) is 0 Å². The molecule has 0 fully saturated rings. The molecular formula is C12H18ClNO. The molecule has 1 rings (SSSR count). The number of halogens is 1. The molecule has 0 aliphatic carbocycles. The lowest BCUT2D eigenvalue weighted by Crippen LogP contribution is -2.36. The SMILES string of the molecule is CC(C)C(CO)NCc1cccc(Cl)c1. The molecular weight excluding hydrogens is 210 g/mol. The molecule has 0 saturated carbocycles. The van der Waals surface area contributed by atoms with E-state index >= 15 is 0 Å². The Morgan fingerprint density at radius 1 is 1.40 bits per heavy atom. The molecule has 0 spiro atoms. The first-order chi connectivity index (χ1) is 7.13. The Morgan fingerprint density at radius 2 is 2.13 bits per heavy atom. The number of hydrogen-bond acceptors (Lipinski definition) is 2. The molecule has 0 saturated heterocycles. The number of nitrogens with one attached hydrogen (secondary N) is 1. The molecule has 0 aliphatic heterocycles. The van der Waals surface area contributed by atoms with Crippen molar-refractivity contribution in [3.8, 4) is 0 Å². The fraction of sp³-hybridized carbons (Fsp3) is 0.500. The number of hydrogen-bond donors (Lipinski definition) is 2. The molecule has 2 nitrogen and oxygen atoms in total. The predicted octanol–water partition coefficient (Wildman–Crippen LogP) is 2.45. The normalized spacial score (nSPS) is 13.1. The van der Waals surface area contributed by atoms with E-state index < -0.39 is 0 Å². The molecule has 0 amide bonds. The fourth-order valence-electron chi connectivity index (χ4n) is 1.41. The Kier molecular flexibility index (Phi) is 5.09. The summed E-state index contributed by atoms with van der Waals surface area (Å²) >= 11 is 5.88. The first kappa shape index (κ1) is 12.5. The van der Waals surface area contributed by atoms with Gasteiger partial charge in [-0.25, -0.2) is 0 Å². The molecule has 1 aromatic rings. The van der Waals surface area contributed by atoms with Crippen molar-refractivity contribution in [2.24, 2.45) is 5.92 Å². The summed E-state index contributed by atoms with van der Waals surface area (Å²) < 4.78 is 0. The van der Waals surface area contributed by atoms with E-state index in [0.29, 0.717) is 5.92 Å². The fourth-order valence-corrected chi connectivity index (χ4v) is 1.62. The highest BCUT2D eigenvalue weighted by Gasteiger charge is 2.10. The third-order valence-electron chi connectivity index (χ3n) is 2.46. The van der Waals surface area contributed by atoms with Crippen LogP contribution in [0.25, 0.3) is 0 Å². The Labute approximate surface area is 96.3 Å². The molecule has 1 aromatic carbocycles. The van der Waals surface area contributed by atoms with Crippen molar-refractivity contribution in [1.82, 2.24) is 5.32 Å². The van der Waals surface area contributed by atoms with Crippen molar-refractivity contribution >= 4 is 11.6 Å². The van der Waals surface area contributed by atoms with Gasteiger partial charge in [-0.2, -0.15) is 0 Å². The van der Waals surface area contributed by atoms with Gasteiger partial charge in [-0.1, -0.05) is 37.6 Å². The molecule has 1 unspecified atom stereocenters. The smallest absolute Gasteiger partial charge is 0.0587 e. The molecule has 2 N–H and O–H groups in total. The summed E-state index contributed by atoms with van der Waals surface area (Å²) in [7, 11) is 0. The van der Waals surface area contributed by atoms with E-state index in [0.717, 1.165) is 17.1 Å². The van der Waals surface area contributed by atoms with Crippen molar-refractivity contribution in [3.63, 3.8) is 0 Å². The average Bonchev–Trinajstić information content (AvgIpc) is 2.18. The highest BCUT2D eigenvalue weighted by molar-refractivity contribution is 6.30. The molecule has 1 atom stereocenters. The third kappa shape index (κ3) is 4.20. The summed E-state index contributed by atoms with van der Waals surface area (Å²) in [4.78, 5) is 0. The van der Waals surface area contributed by atoms with Gasteiger partial charge >= 0.3 is 0 Å². The Morgan fingerprint density at radius 3 is 2.67 bits per heavy atom. The van der Waals surface area contributed by atoms with Gasteiger partial charge in [0.1, 0.15) is 0 Å². The van der Waals surface area contributed by atoms with Crippen LogP contribution >= 0.6 is 11.6 Å². The van der Waals surface area contributed by atoms with Crippen molar-refractivity contribution in [1.29, 1.82) is 0 Å². The first-order valence-corrected chi connectivity index (χ1v) is 5.60. The minimum atomic E-state index is 0.143. The van der Waals surface area contributed by atoms with Crippen LogP contribution in [-0.2, 0) is 6.54 Å². The van der Waals surface area contributed by atoms with E-state index in [-0.39, 0.29) is 12.6 Å². The van der Waals surface area contributed by atoms with E-state index in [1.54, 1.807) is 0 Å². The Hall–Kier alpha value is -0.570. The van der Waals surface area contributed by atoms with Crippen molar-refractivity contribution in [3.05, 3.63) is 34.9 Å². The van der Waals surface area contributed by atoms with E-state index in [4.69, 9.17) is 16.7 Å². The Balaban J connectivity index is 2.49. The second-order valence-electron chi connectivity index (χ2n) is 4.04. The van der Waals surface area contributed by atoms with Crippen molar-refractivity contribution in [2.45, 2.75) is 26.4 Å². The number of aliphatic hydroxyl groups is 1. The molecule has 0 radical (unpaired) electrons. The number of rotatable bonds is 5. The van der Waals surface area contributed by atoms with Gasteiger partial charge in [0.25, 0.3) is 0 Å². The van der Waals surface area contributed by atoms with Crippen LogP contribution < -0.4 is 5.32 Å². The second kappa shape index (κ2) is 6.11. The molecule has 0 aliphatic rings. The maximum Gasteiger partial charge on any atom is 0.0587 e. The van der Waals surface area contributed by atoms with E-state index in [1.807, 2.05) is 24.3 Å². The topological polar surface area (TPSA) is 32.3 Å². The van der Waals surface area contributed by atoms with E-state index in [9.17, 15) is 0 Å². The van der Waals surface area contributed by atoms with Crippen molar-refractivity contribution in [2.75, 3.05) is 6.61 Å². The van der Waals surface area contributed by atoms with Gasteiger partial charge in [-0.05, 0) is 23.6 Å². The third-order valence-corrected chi connectivity index (χ3v) is 2.69. The molecule has 84 valence electrons. The van der Waals surface area contributed by atoms with Gasteiger partial charge in [0, 0.05) is 17.6 Å². The van der Waals surface area contributed by atoms with Gasteiger partial charge in [0.05, 0.1) is 6.61 Å². The zero-order valence-electron chi connectivity index (χ0n) is 9.20. The van der Waals surface area contributed by atoms with Crippen LogP contribution in [-0.4, -0.2) is 17.8 Å². The van der Waals surface area contributed by atoms with Gasteiger partial charge in [-0.3, -0.25) is 0 Å². The second-order valence-corrected chi connectivity index (χ2v) is 4.48. The lowest BCUT2D eigenvalue weighted by atomic mass is 10.1.